The van der Waals surface area contributed by atoms with E-state index in [2.05, 4.69) is 54.6 Å². The molecular weight excluding hydrogens is 286 g/mol. The lowest BCUT2D eigenvalue weighted by Crippen LogP contribution is -2.38. The maximum Gasteiger partial charge on any atom is 0.0718 e. The molecule has 0 unspecified atom stereocenters. The molecule has 0 atom stereocenters. The van der Waals surface area contributed by atoms with Crippen LogP contribution < -0.4 is 0 Å². The Kier molecular flexibility index (Phi) is 5.60. The SMILES string of the molecule is CCN(Cc1c(C)nn(Cc2ccccc2)c1C)CC(C)(C)O. The number of benzene rings is 1. The average molecular weight is 315 g/mol. The van der Waals surface area contributed by atoms with Crippen LogP contribution in [0.1, 0.15) is 43.3 Å². The molecule has 0 aliphatic carbocycles. The second kappa shape index (κ2) is 7.28. The van der Waals surface area contributed by atoms with Gasteiger partial charge in [-0.3, -0.25) is 9.58 Å². The molecule has 1 aromatic carbocycles. The van der Waals surface area contributed by atoms with Crippen molar-refractivity contribution in [1.82, 2.24) is 14.7 Å². The fourth-order valence-electron chi connectivity index (χ4n) is 2.92. The van der Waals surface area contributed by atoms with Crippen molar-refractivity contribution in [2.75, 3.05) is 13.1 Å². The summed E-state index contributed by atoms with van der Waals surface area (Å²) in [6.45, 7) is 13.2. The molecule has 0 amide bonds. The van der Waals surface area contributed by atoms with Gasteiger partial charge < -0.3 is 5.11 Å². The first-order valence-electron chi connectivity index (χ1n) is 8.31. The number of aromatic nitrogens is 2. The molecule has 0 saturated heterocycles. The standard InChI is InChI=1S/C19H29N3O/c1-6-21(14-19(4,5)23)13-18-15(2)20-22(16(18)3)12-17-10-8-7-9-11-17/h7-11,23H,6,12-14H2,1-5H3. The zero-order valence-corrected chi connectivity index (χ0v) is 15.0. The van der Waals surface area contributed by atoms with E-state index in [4.69, 9.17) is 5.10 Å². The van der Waals surface area contributed by atoms with Crippen molar-refractivity contribution < 1.29 is 5.11 Å². The normalized spacial score (nSPS) is 12.1. The lowest BCUT2D eigenvalue weighted by atomic mass is 10.1. The van der Waals surface area contributed by atoms with E-state index in [9.17, 15) is 5.11 Å². The zero-order valence-electron chi connectivity index (χ0n) is 15.0. The Bertz CT molecular complexity index is 626. The summed E-state index contributed by atoms with van der Waals surface area (Å²) in [6.07, 6.45) is 0. The first-order valence-corrected chi connectivity index (χ1v) is 8.31. The van der Waals surface area contributed by atoms with Crippen LogP contribution in [0.25, 0.3) is 0 Å². The molecule has 2 aromatic rings. The third-order valence-electron chi connectivity index (χ3n) is 4.15. The highest BCUT2D eigenvalue weighted by atomic mass is 16.3. The van der Waals surface area contributed by atoms with Gasteiger partial charge in [-0.15, -0.1) is 0 Å². The Morgan fingerprint density at radius 1 is 1.17 bits per heavy atom. The number of hydrogen-bond acceptors (Lipinski definition) is 3. The van der Waals surface area contributed by atoms with Gasteiger partial charge in [0.2, 0.25) is 0 Å². The topological polar surface area (TPSA) is 41.3 Å². The molecule has 0 bridgehead atoms. The maximum absolute atomic E-state index is 10.1. The van der Waals surface area contributed by atoms with E-state index in [1.165, 1.54) is 16.8 Å². The van der Waals surface area contributed by atoms with Gasteiger partial charge in [0, 0.05) is 24.3 Å². The van der Waals surface area contributed by atoms with Gasteiger partial charge in [0.15, 0.2) is 0 Å². The smallest absolute Gasteiger partial charge is 0.0718 e. The maximum atomic E-state index is 10.1. The highest BCUT2D eigenvalue weighted by Crippen LogP contribution is 2.18. The number of aliphatic hydroxyl groups is 1. The van der Waals surface area contributed by atoms with E-state index in [-0.39, 0.29) is 0 Å². The average Bonchev–Trinajstić information content (AvgIpc) is 2.73. The van der Waals surface area contributed by atoms with Crippen LogP contribution in [0.15, 0.2) is 30.3 Å². The summed E-state index contributed by atoms with van der Waals surface area (Å²) in [7, 11) is 0. The quantitative estimate of drug-likeness (QED) is 0.853. The summed E-state index contributed by atoms with van der Waals surface area (Å²) in [4.78, 5) is 2.27. The minimum absolute atomic E-state index is 0.659. The van der Waals surface area contributed by atoms with Crippen molar-refractivity contribution in [3.05, 3.63) is 52.8 Å². The molecule has 0 saturated carbocycles. The Morgan fingerprint density at radius 3 is 2.39 bits per heavy atom. The summed E-state index contributed by atoms with van der Waals surface area (Å²) in [6, 6.07) is 10.4. The summed E-state index contributed by atoms with van der Waals surface area (Å²) in [5, 5.41) is 14.8. The fraction of sp³-hybridized carbons (Fsp3) is 0.526. The third kappa shape index (κ3) is 4.91. The highest BCUT2D eigenvalue weighted by Gasteiger charge is 2.20. The number of likely N-dealkylation sites (N-methyl/N-ethyl adjacent to an activating group) is 1. The minimum atomic E-state index is -0.683. The minimum Gasteiger partial charge on any atom is -0.389 e. The van der Waals surface area contributed by atoms with E-state index in [0.29, 0.717) is 6.54 Å². The summed E-state index contributed by atoms with van der Waals surface area (Å²) in [5.74, 6) is 0. The molecule has 0 spiro atoms. The van der Waals surface area contributed by atoms with Crippen LogP contribution in [-0.2, 0) is 13.1 Å². The molecule has 0 aliphatic rings. The number of aryl methyl sites for hydroxylation is 1. The molecule has 1 heterocycles. The van der Waals surface area contributed by atoms with Crippen molar-refractivity contribution in [2.24, 2.45) is 0 Å². The molecular formula is C19H29N3O. The van der Waals surface area contributed by atoms with Gasteiger partial charge in [-0.05, 0) is 39.8 Å². The predicted molar refractivity (Wildman–Crippen MR) is 94.5 cm³/mol. The molecule has 2 rings (SSSR count). The van der Waals surface area contributed by atoms with Crippen molar-refractivity contribution in [2.45, 2.75) is 53.3 Å². The van der Waals surface area contributed by atoms with Crippen LogP contribution >= 0.6 is 0 Å². The van der Waals surface area contributed by atoms with Crippen molar-refractivity contribution >= 4 is 0 Å². The second-order valence-corrected chi connectivity index (χ2v) is 6.91. The number of hydrogen-bond donors (Lipinski definition) is 1. The molecule has 4 heteroatoms. The van der Waals surface area contributed by atoms with Gasteiger partial charge in [0.25, 0.3) is 0 Å². The van der Waals surface area contributed by atoms with Crippen LogP contribution in [0.5, 0.6) is 0 Å². The van der Waals surface area contributed by atoms with E-state index in [0.717, 1.165) is 25.3 Å². The molecule has 23 heavy (non-hydrogen) atoms. The van der Waals surface area contributed by atoms with E-state index in [1.807, 2.05) is 19.9 Å². The van der Waals surface area contributed by atoms with E-state index in [1.54, 1.807) is 0 Å². The molecule has 0 radical (unpaired) electrons. The molecule has 1 N–H and O–H groups in total. The van der Waals surface area contributed by atoms with Crippen LogP contribution in [0, 0.1) is 13.8 Å². The Morgan fingerprint density at radius 2 is 1.83 bits per heavy atom. The molecule has 0 fully saturated rings. The third-order valence-corrected chi connectivity index (χ3v) is 4.15. The lowest BCUT2D eigenvalue weighted by Gasteiger charge is -2.28. The first kappa shape index (κ1) is 17.7. The molecule has 1 aromatic heterocycles. The molecule has 126 valence electrons. The molecule has 4 nitrogen and oxygen atoms in total. The van der Waals surface area contributed by atoms with Crippen LogP contribution in [0.2, 0.25) is 0 Å². The van der Waals surface area contributed by atoms with Crippen molar-refractivity contribution in [1.29, 1.82) is 0 Å². The van der Waals surface area contributed by atoms with Gasteiger partial charge in [0.1, 0.15) is 0 Å². The van der Waals surface area contributed by atoms with Crippen LogP contribution in [0.4, 0.5) is 0 Å². The fourth-order valence-corrected chi connectivity index (χ4v) is 2.92. The Hall–Kier alpha value is -1.65. The van der Waals surface area contributed by atoms with Gasteiger partial charge in [-0.1, -0.05) is 37.3 Å². The van der Waals surface area contributed by atoms with Crippen molar-refractivity contribution in [3.63, 3.8) is 0 Å². The Balaban J connectivity index is 2.17. The number of rotatable bonds is 7. The zero-order chi connectivity index (χ0) is 17.0. The largest absolute Gasteiger partial charge is 0.389 e. The van der Waals surface area contributed by atoms with Gasteiger partial charge >= 0.3 is 0 Å². The summed E-state index contributed by atoms with van der Waals surface area (Å²) < 4.78 is 2.08. The van der Waals surface area contributed by atoms with Gasteiger partial charge in [-0.2, -0.15) is 5.10 Å². The second-order valence-electron chi connectivity index (χ2n) is 6.91. The molecule has 0 aliphatic heterocycles. The summed E-state index contributed by atoms with van der Waals surface area (Å²) >= 11 is 0. The number of nitrogens with zero attached hydrogens (tertiary/aromatic N) is 3. The summed E-state index contributed by atoms with van der Waals surface area (Å²) in [5.41, 5.74) is 4.13. The van der Waals surface area contributed by atoms with E-state index < -0.39 is 5.60 Å². The van der Waals surface area contributed by atoms with E-state index >= 15 is 0 Å². The van der Waals surface area contributed by atoms with Crippen LogP contribution in [-0.4, -0.2) is 38.5 Å². The van der Waals surface area contributed by atoms with Gasteiger partial charge in [-0.25, -0.2) is 0 Å². The lowest BCUT2D eigenvalue weighted by molar-refractivity contribution is 0.0352. The van der Waals surface area contributed by atoms with Crippen LogP contribution in [0.3, 0.4) is 0 Å². The van der Waals surface area contributed by atoms with Gasteiger partial charge in [0.05, 0.1) is 17.8 Å². The van der Waals surface area contributed by atoms with Crippen molar-refractivity contribution in [3.8, 4) is 0 Å². The predicted octanol–water partition coefficient (Wildman–Crippen LogP) is 3.14. The highest BCUT2D eigenvalue weighted by molar-refractivity contribution is 5.26. The monoisotopic (exact) mass is 315 g/mol. The first-order chi connectivity index (χ1) is 10.8. The Labute approximate surface area is 139 Å².